The maximum Gasteiger partial charge on any atom is 0.472 e. The fraction of sp³-hybridized carbons (Fsp3) is 0.771. The van der Waals surface area contributed by atoms with Gasteiger partial charge in [-0.3, -0.25) is 13.8 Å². The first kappa shape index (κ1) is 55.2. The molecule has 0 aliphatic heterocycles. The second kappa shape index (κ2) is 39.6. The van der Waals surface area contributed by atoms with E-state index in [0.717, 1.165) is 51.4 Å². The minimum Gasteiger partial charge on any atom is -0.387 e. The van der Waals surface area contributed by atoms with Gasteiger partial charge in [-0.2, -0.15) is 0 Å². The van der Waals surface area contributed by atoms with Crippen LogP contribution in [0.3, 0.4) is 0 Å². The van der Waals surface area contributed by atoms with Crippen LogP contribution in [0.2, 0.25) is 0 Å². The molecule has 9 heteroatoms. The lowest BCUT2D eigenvalue weighted by Gasteiger charge is -2.25. The Bertz CT molecular complexity index is 1110. The third-order valence-corrected chi connectivity index (χ3v) is 10.9. The normalized spacial score (nSPS) is 14.9. The second-order valence-corrected chi connectivity index (χ2v) is 18.2. The van der Waals surface area contributed by atoms with Crippen molar-refractivity contribution >= 4 is 13.7 Å². The van der Waals surface area contributed by atoms with Crippen LogP contribution in [0, 0.1) is 0 Å². The number of amides is 1. The number of unbranched alkanes of at least 4 members (excludes halogenated alkanes) is 20. The SMILES string of the molecule is CCCCCC/C=C/CC/C=C/C(O)C(COP(=O)(O)OCC[N+](C)(C)C)NC(=O)CCCCCCCCCCCC/C=C\C/C=C\C/C=C\CCCCCCC. The van der Waals surface area contributed by atoms with Crippen molar-refractivity contribution in [2.24, 2.45) is 0 Å². The van der Waals surface area contributed by atoms with E-state index in [2.05, 4.69) is 67.8 Å². The number of aliphatic hydroxyl groups excluding tert-OH is 1. The Morgan fingerprint density at radius 3 is 1.54 bits per heavy atom. The highest BCUT2D eigenvalue weighted by molar-refractivity contribution is 7.47. The van der Waals surface area contributed by atoms with Crippen LogP contribution in [0.4, 0.5) is 0 Å². The standard InChI is InChI=1S/C48H89N2O6P/c1-6-8-10-12-14-16-18-19-20-21-22-23-24-25-26-27-28-29-30-31-32-34-36-38-40-42-48(52)49-46(45-56-57(53,54)55-44-43-50(3,4)5)47(51)41-39-37-35-33-17-15-13-11-9-7-2/h17-19,21-22,24-25,33,39,41,46-47,51H,6-16,20,23,26-32,34-38,40,42-45H2,1-5H3,(H-,49,52,53,54)/p+1/b19-18-,22-21-,25-24-,33-17+,41-39+. The zero-order valence-electron chi connectivity index (χ0n) is 37.6. The highest BCUT2D eigenvalue weighted by Gasteiger charge is 2.27. The lowest BCUT2D eigenvalue weighted by molar-refractivity contribution is -0.870. The zero-order chi connectivity index (χ0) is 42.1. The molecule has 0 bridgehead atoms. The molecule has 57 heavy (non-hydrogen) atoms. The van der Waals surface area contributed by atoms with Gasteiger partial charge in [-0.25, -0.2) is 4.57 Å². The quantitative estimate of drug-likeness (QED) is 0.0245. The van der Waals surface area contributed by atoms with E-state index in [1.54, 1.807) is 6.08 Å². The molecule has 0 spiro atoms. The van der Waals surface area contributed by atoms with Crippen molar-refractivity contribution in [3.05, 3.63) is 60.8 Å². The van der Waals surface area contributed by atoms with E-state index in [4.69, 9.17) is 9.05 Å². The van der Waals surface area contributed by atoms with Gasteiger partial charge in [0.1, 0.15) is 13.2 Å². The van der Waals surface area contributed by atoms with Crippen molar-refractivity contribution in [3.8, 4) is 0 Å². The predicted molar refractivity (Wildman–Crippen MR) is 244 cm³/mol. The first-order chi connectivity index (χ1) is 27.5. The molecule has 0 rings (SSSR count). The van der Waals surface area contributed by atoms with Crippen molar-refractivity contribution in [2.45, 2.75) is 199 Å². The van der Waals surface area contributed by atoms with Crippen LogP contribution >= 0.6 is 7.82 Å². The van der Waals surface area contributed by atoms with E-state index >= 15 is 0 Å². The summed E-state index contributed by atoms with van der Waals surface area (Å²) in [5, 5.41) is 13.7. The van der Waals surface area contributed by atoms with Crippen LogP contribution in [0.25, 0.3) is 0 Å². The minimum atomic E-state index is -4.34. The average Bonchev–Trinajstić information content (AvgIpc) is 3.16. The monoisotopic (exact) mass is 822 g/mol. The van der Waals surface area contributed by atoms with Crippen molar-refractivity contribution in [3.63, 3.8) is 0 Å². The summed E-state index contributed by atoms with van der Waals surface area (Å²) in [7, 11) is 1.54. The van der Waals surface area contributed by atoms with Crippen LogP contribution in [-0.4, -0.2) is 73.4 Å². The molecule has 1 amide bonds. The van der Waals surface area contributed by atoms with Crippen molar-refractivity contribution < 1.29 is 32.9 Å². The molecule has 3 atom stereocenters. The Hall–Kier alpha value is -1.80. The number of likely N-dealkylation sites (N-methyl/N-ethyl adjacent to an activating group) is 1. The topological polar surface area (TPSA) is 105 Å². The molecule has 0 saturated heterocycles. The first-order valence-corrected chi connectivity index (χ1v) is 24.7. The first-order valence-electron chi connectivity index (χ1n) is 23.2. The van der Waals surface area contributed by atoms with Gasteiger partial charge in [-0.15, -0.1) is 0 Å². The van der Waals surface area contributed by atoms with Gasteiger partial charge >= 0.3 is 7.82 Å². The number of carbonyl (C=O) groups is 1. The molecule has 0 aromatic carbocycles. The maximum atomic E-state index is 12.9. The highest BCUT2D eigenvalue weighted by Crippen LogP contribution is 2.43. The van der Waals surface area contributed by atoms with Crippen LogP contribution in [-0.2, 0) is 18.4 Å². The summed E-state index contributed by atoms with van der Waals surface area (Å²) in [5.74, 6) is -0.196. The van der Waals surface area contributed by atoms with E-state index in [0.29, 0.717) is 17.4 Å². The summed E-state index contributed by atoms with van der Waals surface area (Å²) in [6.45, 7) is 4.72. The number of rotatable bonds is 41. The number of hydrogen-bond acceptors (Lipinski definition) is 5. The third-order valence-electron chi connectivity index (χ3n) is 9.96. The Morgan fingerprint density at radius 2 is 1.02 bits per heavy atom. The number of quaternary nitrogens is 1. The van der Waals surface area contributed by atoms with Crippen LogP contribution in [0.5, 0.6) is 0 Å². The summed E-state index contributed by atoms with van der Waals surface area (Å²) in [6.07, 6.45) is 51.6. The highest BCUT2D eigenvalue weighted by atomic mass is 31.2. The minimum absolute atomic E-state index is 0.0528. The van der Waals surface area contributed by atoms with Gasteiger partial charge in [0.15, 0.2) is 0 Å². The van der Waals surface area contributed by atoms with E-state index in [-0.39, 0.29) is 19.1 Å². The third kappa shape index (κ3) is 42.1. The average molecular weight is 822 g/mol. The largest absolute Gasteiger partial charge is 0.472 e. The van der Waals surface area contributed by atoms with E-state index in [9.17, 15) is 19.4 Å². The van der Waals surface area contributed by atoms with Gasteiger partial charge < -0.3 is 19.8 Å². The summed E-state index contributed by atoms with van der Waals surface area (Å²) in [5.41, 5.74) is 0. The molecule has 0 radical (unpaired) electrons. The molecule has 0 saturated carbocycles. The van der Waals surface area contributed by atoms with E-state index < -0.39 is 20.0 Å². The summed E-state index contributed by atoms with van der Waals surface area (Å²) in [4.78, 5) is 23.1. The number of phosphoric acid groups is 1. The van der Waals surface area contributed by atoms with Crippen LogP contribution in [0.1, 0.15) is 187 Å². The molecule has 0 aromatic rings. The second-order valence-electron chi connectivity index (χ2n) is 16.8. The van der Waals surface area contributed by atoms with Gasteiger partial charge in [0.2, 0.25) is 5.91 Å². The van der Waals surface area contributed by atoms with E-state index in [1.807, 2.05) is 27.2 Å². The number of aliphatic hydroxyl groups is 1. The summed E-state index contributed by atoms with van der Waals surface area (Å²) in [6, 6.07) is -0.865. The molecular weight excluding hydrogens is 732 g/mol. The zero-order valence-corrected chi connectivity index (χ0v) is 38.5. The summed E-state index contributed by atoms with van der Waals surface area (Å²) < 4.78 is 23.5. The number of allylic oxidation sites excluding steroid dienone is 9. The molecule has 0 aliphatic carbocycles. The lowest BCUT2D eigenvalue weighted by atomic mass is 10.0. The Morgan fingerprint density at radius 1 is 0.596 bits per heavy atom. The van der Waals surface area contributed by atoms with Crippen LogP contribution < -0.4 is 5.32 Å². The molecule has 0 heterocycles. The molecule has 332 valence electrons. The fourth-order valence-electron chi connectivity index (χ4n) is 6.24. The Labute approximate surface area is 351 Å². The number of carbonyl (C=O) groups excluding carboxylic acids is 1. The van der Waals surface area contributed by atoms with Crippen molar-refractivity contribution in [1.29, 1.82) is 0 Å². The lowest BCUT2D eigenvalue weighted by Crippen LogP contribution is -2.45. The number of nitrogens with zero attached hydrogens (tertiary/aromatic N) is 1. The molecular formula is C48H90N2O6P+. The Balaban J connectivity index is 4.25. The van der Waals surface area contributed by atoms with Gasteiger partial charge in [0.25, 0.3) is 0 Å². The van der Waals surface area contributed by atoms with E-state index in [1.165, 1.54) is 116 Å². The van der Waals surface area contributed by atoms with Gasteiger partial charge in [0.05, 0.1) is 39.9 Å². The number of phosphoric ester groups is 1. The van der Waals surface area contributed by atoms with Gasteiger partial charge in [-0.05, 0) is 70.6 Å². The molecule has 3 N–H and O–H groups in total. The van der Waals surface area contributed by atoms with Crippen molar-refractivity contribution in [1.82, 2.24) is 5.32 Å². The molecule has 8 nitrogen and oxygen atoms in total. The molecule has 0 aromatic heterocycles. The molecule has 0 fully saturated rings. The summed E-state index contributed by atoms with van der Waals surface area (Å²) >= 11 is 0. The van der Waals surface area contributed by atoms with Crippen LogP contribution in [0.15, 0.2) is 60.8 Å². The maximum absolute atomic E-state index is 12.9. The van der Waals surface area contributed by atoms with Gasteiger partial charge in [-0.1, -0.05) is 171 Å². The fourth-order valence-corrected chi connectivity index (χ4v) is 6.97. The smallest absolute Gasteiger partial charge is 0.387 e. The van der Waals surface area contributed by atoms with Crippen molar-refractivity contribution in [2.75, 3.05) is 40.9 Å². The molecule has 3 unspecified atom stereocenters. The Kier molecular flexibility index (Phi) is 38.4. The predicted octanol–water partition coefficient (Wildman–Crippen LogP) is 13.0. The number of nitrogens with one attached hydrogen (secondary N) is 1. The number of hydrogen-bond donors (Lipinski definition) is 3. The van der Waals surface area contributed by atoms with Gasteiger partial charge in [0, 0.05) is 6.42 Å². The molecule has 0 aliphatic rings.